The number of rotatable bonds is 4. The molecule has 0 aliphatic carbocycles. The molecule has 5 heteroatoms. The van der Waals surface area contributed by atoms with Crippen LogP contribution in [-0.2, 0) is 4.74 Å². The zero-order valence-corrected chi connectivity index (χ0v) is 7.97. The third-order valence-corrected chi connectivity index (χ3v) is 2.40. The van der Waals surface area contributed by atoms with E-state index in [2.05, 4.69) is 9.59 Å². The lowest BCUT2D eigenvalue weighted by molar-refractivity contribution is 0.0435. The second kappa shape index (κ2) is 4.49. The van der Waals surface area contributed by atoms with Gasteiger partial charge in [-0.15, -0.1) is 5.10 Å². The van der Waals surface area contributed by atoms with Crippen molar-refractivity contribution < 1.29 is 9.84 Å². The second-order valence-electron chi connectivity index (χ2n) is 2.40. The third-order valence-electron chi connectivity index (χ3n) is 1.47. The summed E-state index contributed by atoms with van der Waals surface area (Å²) in [6.07, 6.45) is -0.579. The van der Waals surface area contributed by atoms with Gasteiger partial charge in [-0.3, -0.25) is 0 Å². The Morgan fingerprint density at radius 3 is 2.92 bits per heavy atom. The summed E-state index contributed by atoms with van der Waals surface area (Å²) < 4.78 is 8.80. The molecule has 1 heterocycles. The molecule has 0 amide bonds. The largest absolute Gasteiger partial charge is 0.385 e. The van der Waals surface area contributed by atoms with Crippen LogP contribution in [0.5, 0.6) is 0 Å². The van der Waals surface area contributed by atoms with Gasteiger partial charge in [0.05, 0.1) is 17.2 Å². The summed E-state index contributed by atoms with van der Waals surface area (Å²) in [5, 5.41) is 13.3. The van der Waals surface area contributed by atoms with Gasteiger partial charge in [-0.1, -0.05) is 4.49 Å². The molecule has 0 bridgehead atoms. The van der Waals surface area contributed by atoms with Gasteiger partial charge in [-0.05, 0) is 25.4 Å². The molecule has 0 fully saturated rings. The summed E-state index contributed by atoms with van der Waals surface area (Å²) in [5.74, 6) is 0. The maximum atomic E-state index is 9.53. The van der Waals surface area contributed by atoms with Crippen LogP contribution >= 0.6 is 11.5 Å². The minimum Gasteiger partial charge on any atom is -0.385 e. The molecule has 0 spiro atoms. The zero-order valence-electron chi connectivity index (χ0n) is 7.15. The highest BCUT2D eigenvalue weighted by molar-refractivity contribution is 7.05. The van der Waals surface area contributed by atoms with Gasteiger partial charge in [0.15, 0.2) is 0 Å². The van der Waals surface area contributed by atoms with Gasteiger partial charge in [0.2, 0.25) is 0 Å². The summed E-state index contributed by atoms with van der Waals surface area (Å²) >= 11 is 1.22. The SMILES string of the molecule is CCOCC(O)c1snnc1C. The Labute approximate surface area is 75.4 Å². The number of ether oxygens (including phenoxy) is 1. The van der Waals surface area contributed by atoms with Crippen molar-refractivity contribution in [2.24, 2.45) is 0 Å². The topological polar surface area (TPSA) is 55.2 Å². The van der Waals surface area contributed by atoms with E-state index >= 15 is 0 Å². The Kier molecular flexibility index (Phi) is 3.58. The van der Waals surface area contributed by atoms with Crippen molar-refractivity contribution in [2.75, 3.05) is 13.2 Å². The molecule has 1 aromatic rings. The zero-order chi connectivity index (χ0) is 8.97. The first kappa shape index (κ1) is 9.57. The number of aromatic nitrogens is 2. The molecule has 68 valence electrons. The number of nitrogens with zero attached hydrogens (tertiary/aromatic N) is 2. The highest BCUT2D eigenvalue weighted by atomic mass is 32.1. The first-order valence-electron chi connectivity index (χ1n) is 3.80. The van der Waals surface area contributed by atoms with E-state index in [0.717, 1.165) is 10.6 Å². The fourth-order valence-corrected chi connectivity index (χ4v) is 1.46. The number of aliphatic hydroxyl groups is 1. The summed E-state index contributed by atoms with van der Waals surface area (Å²) in [5.41, 5.74) is 0.784. The van der Waals surface area contributed by atoms with E-state index < -0.39 is 6.10 Å². The number of hydrogen-bond acceptors (Lipinski definition) is 5. The van der Waals surface area contributed by atoms with Crippen LogP contribution in [-0.4, -0.2) is 27.9 Å². The molecular weight excluding hydrogens is 176 g/mol. The molecular formula is C7H12N2O2S. The van der Waals surface area contributed by atoms with Crippen LogP contribution in [0.1, 0.15) is 23.6 Å². The van der Waals surface area contributed by atoms with E-state index in [1.807, 2.05) is 13.8 Å². The molecule has 0 saturated heterocycles. The molecule has 4 nitrogen and oxygen atoms in total. The summed E-state index contributed by atoms with van der Waals surface area (Å²) in [6, 6.07) is 0. The molecule has 12 heavy (non-hydrogen) atoms. The van der Waals surface area contributed by atoms with Gasteiger partial charge < -0.3 is 9.84 Å². The Balaban J connectivity index is 2.52. The first-order valence-corrected chi connectivity index (χ1v) is 4.57. The van der Waals surface area contributed by atoms with Crippen LogP contribution in [0, 0.1) is 6.92 Å². The van der Waals surface area contributed by atoms with Gasteiger partial charge >= 0.3 is 0 Å². The minimum atomic E-state index is -0.579. The molecule has 1 N–H and O–H groups in total. The lowest BCUT2D eigenvalue weighted by Gasteiger charge is -2.07. The number of aliphatic hydroxyl groups excluding tert-OH is 1. The molecule has 0 aliphatic rings. The first-order chi connectivity index (χ1) is 5.75. The smallest absolute Gasteiger partial charge is 0.115 e. The van der Waals surface area contributed by atoms with Gasteiger partial charge in [0.25, 0.3) is 0 Å². The van der Waals surface area contributed by atoms with Gasteiger partial charge in [0.1, 0.15) is 6.10 Å². The Bertz CT molecular complexity index is 239. The summed E-state index contributed by atoms with van der Waals surface area (Å²) in [7, 11) is 0. The quantitative estimate of drug-likeness (QED) is 0.763. The maximum Gasteiger partial charge on any atom is 0.115 e. The lowest BCUT2D eigenvalue weighted by Crippen LogP contribution is -2.06. The molecule has 0 aromatic carbocycles. The van der Waals surface area contributed by atoms with Crippen molar-refractivity contribution in [2.45, 2.75) is 20.0 Å². The molecule has 1 rings (SSSR count). The Hall–Kier alpha value is -0.520. The fourth-order valence-electron chi connectivity index (χ4n) is 0.848. The van der Waals surface area contributed by atoms with E-state index in [1.165, 1.54) is 11.5 Å². The van der Waals surface area contributed by atoms with E-state index in [-0.39, 0.29) is 0 Å². The van der Waals surface area contributed by atoms with Crippen molar-refractivity contribution >= 4 is 11.5 Å². The van der Waals surface area contributed by atoms with Crippen LogP contribution in [0.3, 0.4) is 0 Å². The molecule has 0 aliphatic heterocycles. The van der Waals surface area contributed by atoms with Crippen LogP contribution < -0.4 is 0 Å². The molecule has 1 atom stereocenters. The van der Waals surface area contributed by atoms with E-state index in [0.29, 0.717) is 13.2 Å². The lowest BCUT2D eigenvalue weighted by atomic mass is 10.3. The number of aryl methyl sites for hydroxylation is 1. The summed E-state index contributed by atoms with van der Waals surface area (Å²) in [6.45, 7) is 4.65. The second-order valence-corrected chi connectivity index (χ2v) is 3.18. The van der Waals surface area contributed by atoms with Crippen LogP contribution in [0.15, 0.2) is 0 Å². The predicted octanol–water partition coefficient (Wildman–Crippen LogP) is 0.916. The molecule has 0 radical (unpaired) electrons. The van der Waals surface area contributed by atoms with Crippen LogP contribution in [0.25, 0.3) is 0 Å². The molecule has 1 aromatic heterocycles. The molecule has 0 saturated carbocycles. The standard InChI is InChI=1S/C7H12N2O2S/c1-3-11-4-6(10)7-5(2)8-9-12-7/h6,10H,3-4H2,1-2H3. The van der Waals surface area contributed by atoms with Crippen molar-refractivity contribution in [1.29, 1.82) is 0 Å². The monoisotopic (exact) mass is 188 g/mol. The highest BCUT2D eigenvalue weighted by Crippen LogP contribution is 2.19. The Morgan fingerprint density at radius 2 is 2.42 bits per heavy atom. The van der Waals surface area contributed by atoms with E-state index in [1.54, 1.807) is 0 Å². The van der Waals surface area contributed by atoms with Crippen molar-refractivity contribution in [1.82, 2.24) is 9.59 Å². The van der Waals surface area contributed by atoms with Crippen LogP contribution in [0.4, 0.5) is 0 Å². The maximum absolute atomic E-state index is 9.53. The average Bonchev–Trinajstić information content (AvgIpc) is 2.47. The van der Waals surface area contributed by atoms with Crippen LogP contribution in [0.2, 0.25) is 0 Å². The van der Waals surface area contributed by atoms with E-state index in [4.69, 9.17) is 4.74 Å². The fraction of sp³-hybridized carbons (Fsp3) is 0.714. The third kappa shape index (κ3) is 2.23. The van der Waals surface area contributed by atoms with Gasteiger partial charge in [-0.2, -0.15) is 0 Å². The number of hydrogen-bond donors (Lipinski definition) is 1. The predicted molar refractivity (Wildman–Crippen MR) is 46.1 cm³/mol. The normalized spacial score (nSPS) is 13.2. The van der Waals surface area contributed by atoms with Gasteiger partial charge in [-0.25, -0.2) is 0 Å². The van der Waals surface area contributed by atoms with Gasteiger partial charge in [0, 0.05) is 6.61 Å². The molecule has 1 unspecified atom stereocenters. The summed E-state index contributed by atoms with van der Waals surface area (Å²) in [4.78, 5) is 0.795. The Morgan fingerprint density at radius 1 is 1.67 bits per heavy atom. The minimum absolute atomic E-state index is 0.321. The van der Waals surface area contributed by atoms with E-state index in [9.17, 15) is 5.11 Å². The van der Waals surface area contributed by atoms with Crippen molar-refractivity contribution in [3.63, 3.8) is 0 Å². The average molecular weight is 188 g/mol. The van der Waals surface area contributed by atoms with Crippen molar-refractivity contribution in [3.05, 3.63) is 10.6 Å². The highest BCUT2D eigenvalue weighted by Gasteiger charge is 2.13. The van der Waals surface area contributed by atoms with Crippen molar-refractivity contribution in [3.8, 4) is 0 Å².